The number of benzene rings is 2. The predicted molar refractivity (Wildman–Crippen MR) is 68.5 cm³/mol. The number of aryl methyl sites for hydroxylation is 1. The Labute approximate surface area is 103 Å². The topological polar surface area (TPSA) is 46.0 Å². The van der Waals surface area contributed by atoms with Gasteiger partial charge in [-0.05, 0) is 24.6 Å². The molecule has 3 nitrogen and oxygen atoms in total. The van der Waals surface area contributed by atoms with Gasteiger partial charge in [0.05, 0.1) is 16.6 Å². The van der Waals surface area contributed by atoms with Crippen molar-refractivity contribution in [1.82, 2.24) is 9.97 Å². The lowest BCUT2D eigenvalue weighted by molar-refractivity contribution is 0.480. The number of hydrogen-bond acceptors (Lipinski definition) is 3. The SMILES string of the molecule is Cc1cccc2nc3c(O)cc(Cl)cc3nc12. The molecule has 0 aliphatic rings. The van der Waals surface area contributed by atoms with Gasteiger partial charge in [-0.15, -0.1) is 0 Å². The van der Waals surface area contributed by atoms with E-state index in [1.54, 1.807) is 6.07 Å². The van der Waals surface area contributed by atoms with Crippen LogP contribution in [0, 0.1) is 6.92 Å². The molecule has 84 valence electrons. The average Bonchev–Trinajstić information content (AvgIpc) is 2.28. The van der Waals surface area contributed by atoms with Gasteiger partial charge in [-0.1, -0.05) is 23.7 Å². The summed E-state index contributed by atoms with van der Waals surface area (Å²) in [6, 6.07) is 8.96. The van der Waals surface area contributed by atoms with Gasteiger partial charge in [0.25, 0.3) is 0 Å². The Morgan fingerprint density at radius 3 is 2.65 bits per heavy atom. The molecule has 0 saturated carbocycles. The molecule has 0 unspecified atom stereocenters. The van der Waals surface area contributed by atoms with Crippen LogP contribution in [0.15, 0.2) is 30.3 Å². The first-order valence-electron chi connectivity index (χ1n) is 5.21. The van der Waals surface area contributed by atoms with E-state index in [4.69, 9.17) is 11.6 Å². The van der Waals surface area contributed by atoms with Crippen molar-refractivity contribution in [3.8, 4) is 5.75 Å². The quantitative estimate of drug-likeness (QED) is 0.616. The molecule has 17 heavy (non-hydrogen) atoms. The molecule has 1 aromatic heterocycles. The summed E-state index contributed by atoms with van der Waals surface area (Å²) in [6.45, 7) is 1.98. The average molecular weight is 245 g/mol. The zero-order valence-corrected chi connectivity index (χ0v) is 9.86. The Hall–Kier alpha value is -1.87. The Kier molecular flexibility index (Phi) is 2.16. The van der Waals surface area contributed by atoms with Gasteiger partial charge in [-0.25, -0.2) is 9.97 Å². The van der Waals surface area contributed by atoms with Crippen LogP contribution in [0.1, 0.15) is 5.56 Å². The minimum absolute atomic E-state index is 0.0587. The van der Waals surface area contributed by atoms with E-state index in [1.807, 2.05) is 25.1 Å². The summed E-state index contributed by atoms with van der Waals surface area (Å²) in [5, 5.41) is 10.2. The maximum Gasteiger partial charge on any atom is 0.144 e. The minimum atomic E-state index is 0.0587. The molecule has 2 aromatic carbocycles. The molecule has 1 heterocycles. The van der Waals surface area contributed by atoms with Crippen molar-refractivity contribution in [1.29, 1.82) is 0 Å². The second-order valence-corrected chi connectivity index (χ2v) is 4.40. The zero-order chi connectivity index (χ0) is 12.0. The lowest BCUT2D eigenvalue weighted by Crippen LogP contribution is -1.90. The molecular formula is C13H9ClN2O. The first kappa shape index (κ1) is 10.3. The molecule has 0 aliphatic heterocycles. The molecule has 0 amide bonds. The second-order valence-electron chi connectivity index (χ2n) is 3.96. The summed E-state index contributed by atoms with van der Waals surface area (Å²) in [5.41, 5.74) is 3.75. The van der Waals surface area contributed by atoms with Gasteiger partial charge in [-0.3, -0.25) is 0 Å². The largest absolute Gasteiger partial charge is 0.506 e. The smallest absolute Gasteiger partial charge is 0.144 e. The molecule has 3 aromatic rings. The summed E-state index contributed by atoms with van der Waals surface area (Å²) in [6.07, 6.45) is 0. The number of para-hydroxylation sites is 1. The van der Waals surface area contributed by atoms with Gasteiger partial charge in [0.2, 0.25) is 0 Å². The van der Waals surface area contributed by atoms with Gasteiger partial charge in [0.15, 0.2) is 0 Å². The Morgan fingerprint density at radius 2 is 1.82 bits per heavy atom. The Morgan fingerprint density at radius 1 is 1.06 bits per heavy atom. The first-order chi connectivity index (χ1) is 8.15. The maximum atomic E-state index is 9.79. The molecule has 0 atom stereocenters. The minimum Gasteiger partial charge on any atom is -0.506 e. The summed E-state index contributed by atoms with van der Waals surface area (Å²) < 4.78 is 0. The molecule has 0 bridgehead atoms. The number of halogens is 1. The first-order valence-corrected chi connectivity index (χ1v) is 5.58. The maximum absolute atomic E-state index is 9.79. The van der Waals surface area contributed by atoms with Crippen LogP contribution in [0.25, 0.3) is 22.1 Å². The third-order valence-electron chi connectivity index (χ3n) is 2.72. The number of aromatic nitrogens is 2. The number of nitrogens with zero attached hydrogens (tertiary/aromatic N) is 2. The van der Waals surface area contributed by atoms with Crippen molar-refractivity contribution in [2.45, 2.75) is 6.92 Å². The van der Waals surface area contributed by atoms with E-state index in [1.165, 1.54) is 6.07 Å². The number of fused-ring (bicyclic) bond motifs is 2. The molecule has 1 N–H and O–H groups in total. The third kappa shape index (κ3) is 1.59. The summed E-state index contributed by atoms with van der Waals surface area (Å²) in [4.78, 5) is 8.90. The number of aromatic hydroxyl groups is 1. The number of hydrogen-bond donors (Lipinski definition) is 1. The van der Waals surface area contributed by atoms with Crippen molar-refractivity contribution < 1.29 is 5.11 Å². The van der Waals surface area contributed by atoms with Crippen LogP contribution >= 0.6 is 11.6 Å². The fraction of sp³-hybridized carbons (Fsp3) is 0.0769. The van der Waals surface area contributed by atoms with Gasteiger partial charge in [0, 0.05) is 11.1 Å². The lowest BCUT2D eigenvalue weighted by Gasteiger charge is -2.05. The van der Waals surface area contributed by atoms with Crippen LogP contribution in [0.5, 0.6) is 5.75 Å². The van der Waals surface area contributed by atoms with Crippen molar-refractivity contribution in [2.24, 2.45) is 0 Å². The highest BCUT2D eigenvalue weighted by Crippen LogP contribution is 2.28. The van der Waals surface area contributed by atoms with E-state index in [-0.39, 0.29) is 5.75 Å². The monoisotopic (exact) mass is 244 g/mol. The van der Waals surface area contributed by atoms with Gasteiger partial charge >= 0.3 is 0 Å². The molecule has 0 saturated heterocycles. The van der Waals surface area contributed by atoms with Crippen LogP contribution in [0.3, 0.4) is 0 Å². The summed E-state index contributed by atoms with van der Waals surface area (Å²) in [7, 11) is 0. The Bertz CT molecular complexity index is 740. The van der Waals surface area contributed by atoms with E-state index in [2.05, 4.69) is 9.97 Å². The summed E-state index contributed by atoms with van der Waals surface area (Å²) >= 11 is 5.89. The van der Waals surface area contributed by atoms with Crippen molar-refractivity contribution >= 4 is 33.7 Å². The van der Waals surface area contributed by atoms with Crippen molar-refractivity contribution in [2.75, 3.05) is 0 Å². The molecule has 0 fully saturated rings. The fourth-order valence-corrected chi connectivity index (χ4v) is 2.10. The van der Waals surface area contributed by atoms with Crippen LogP contribution in [-0.4, -0.2) is 15.1 Å². The molecule has 0 aliphatic carbocycles. The zero-order valence-electron chi connectivity index (χ0n) is 9.11. The number of phenols is 1. The van der Waals surface area contributed by atoms with E-state index in [0.717, 1.165) is 16.6 Å². The molecular weight excluding hydrogens is 236 g/mol. The Balaban J connectivity index is 2.52. The highest BCUT2D eigenvalue weighted by atomic mass is 35.5. The number of phenolic OH excluding ortho intramolecular Hbond substituents is 1. The highest BCUT2D eigenvalue weighted by Gasteiger charge is 2.08. The van der Waals surface area contributed by atoms with E-state index < -0.39 is 0 Å². The lowest BCUT2D eigenvalue weighted by atomic mass is 10.2. The van der Waals surface area contributed by atoms with Crippen LogP contribution in [-0.2, 0) is 0 Å². The van der Waals surface area contributed by atoms with Gasteiger partial charge < -0.3 is 5.11 Å². The predicted octanol–water partition coefficient (Wildman–Crippen LogP) is 3.45. The molecule has 0 spiro atoms. The van der Waals surface area contributed by atoms with Gasteiger partial charge in [0.1, 0.15) is 11.3 Å². The van der Waals surface area contributed by atoms with Gasteiger partial charge in [-0.2, -0.15) is 0 Å². The second kappa shape index (κ2) is 3.57. The van der Waals surface area contributed by atoms with E-state index >= 15 is 0 Å². The molecule has 4 heteroatoms. The number of rotatable bonds is 0. The van der Waals surface area contributed by atoms with Crippen molar-refractivity contribution in [3.05, 3.63) is 40.9 Å². The molecule has 3 rings (SSSR count). The third-order valence-corrected chi connectivity index (χ3v) is 2.93. The normalized spacial score (nSPS) is 11.2. The summed E-state index contributed by atoms with van der Waals surface area (Å²) in [5.74, 6) is 0.0587. The van der Waals surface area contributed by atoms with Crippen LogP contribution in [0.4, 0.5) is 0 Å². The van der Waals surface area contributed by atoms with Crippen LogP contribution in [0.2, 0.25) is 5.02 Å². The fourth-order valence-electron chi connectivity index (χ4n) is 1.89. The van der Waals surface area contributed by atoms with Crippen LogP contribution < -0.4 is 0 Å². The standard InChI is InChI=1S/C13H9ClN2O/c1-7-3-2-4-9-12(7)16-10-5-8(14)6-11(17)13(10)15-9/h2-6,17H,1H3. The highest BCUT2D eigenvalue weighted by molar-refractivity contribution is 6.31. The molecule has 0 radical (unpaired) electrons. The van der Waals surface area contributed by atoms with E-state index in [0.29, 0.717) is 16.1 Å². The van der Waals surface area contributed by atoms with Crippen molar-refractivity contribution in [3.63, 3.8) is 0 Å². The van der Waals surface area contributed by atoms with E-state index in [9.17, 15) is 5.11 Å².